The van der Waals surface area contributed by atoms with Crippen molar-refractivity contribution in [2.75, 3.05) is 0 Å². The monoisotopic (exact) mass is 254 g/mol. The van der Waals surface area contributed by atoms with Gasteiger partial charge >= 0.3 is 0 Å². The summed E-state index contributed by atoms with van der Waals surface area (Å²) in [6.07, 6.45) is 8.33. The van der Waals surface area contributed by atoms with Crippen molar-refractivity contribution < 1.29 is 10.2 Å². The van der Waals surface area contributed by atoms with E-state index in [4.69, 9.17) is 0 Å². The fourth-order valence-corrected chi connectivity index (χ4v) is 2.35. The summed E-state index contributed by atoms with van der Waals surface area (Å²) in [6, 6.07) is 0. The second-order valence-corrected chi connectivity index (χ2v) is 5.05. The van der Waals surface area contributed by atoms with Gasteiger partial charge < -0.3 is 10.2 Å². The lowest BCUT2D eigenvalue weighted by atomic mass is 9.80. The Bertz CT molecular complexity index is 201. The lowest BCUT2D eigenvalue weighted by Gasteiger charge is -2.30. The molecule has 4 unspecified atom stereocenters. The third kappa shape index (κ3) is 5.83. The molecule has 0 aromatic heterocycles. The van der Waals surface area contributed by atoms with Crippen molar-refractivity contribution in [2.24, 2.45) is 11.8 Å². The van der Waals surface area contributed by atoms with Crippen molar-refractivity contribution in [3.05, 3.63) is 25.3 Å². The molecule has 0 aliphatic rings. The van der Waals surface area contributed by atoms with E-state index in [1.54, 1.807) is 12.2 Å². The van der Waals surface area contributed by atoms with Gasteiger partial charge in [0.15, 0.2) is 0 Å². The molecular formula is C16H30O2. The lowest BCUT2D eigenvalue weighted by Crippen LogP contribution is -2.33. The molecular weight excluding hydrogens is 224 g/mol. The van der Waals surface area contributed by atoms with Gasteiger partial charge in [-0.3, -0.25) is 0 Å². The fraction of sp³-hybridized carbons (Fsp3) is 0.750. The smallest absolute Gasteiger partial charge is 0.0609 e. The summed E-state index contributed by atoms with van der Waals surface area (Å²) in [5, 5.41) is 20.4. The minimum atomic E-state index is -0.429. The Labute approximate surface area is 112 Å². The van der Waals surface area contributed by atoms with E-state index < -0.39 is 12.2 Å². The van der Waals surface area contributed by atoms with Crippen LogP contribution in [-0.4, -0.2) is 22.4 Å². The van der Waals surface area contributed by atoms with E-state index >= 15 is 0 Å². The molecule has 18 heavy (non-hydrogen) atoms. The molecule has 0 saturated heterocycles. The molecule has 2 nitrogen and oxygen atoms in total. The van der Waals surface area contributed by atoms with Gasteiger partial charge in [0.25, 0.3) is 0 Å². The summed E-state index contributed by atoms with van der Waals surface area (Å²) in [4.78, 5) is 0. The Balaban J connectivity index is 4.54. The SMILES string of the molecule is C=CC(C(O)CCCC)C(C=C)C(O)CCCC. The predicted octanol–water partition coefficient (Wildman–Crippen LogP) is 3.69. The molecule has 106 valence electrons. The zero-order valence-electron chi connectivity index (χ0n) is 12.0. The molecule has 0 amide bonds. The van der Waals surface area contributed by atoms with E-state index in [1.165, 1.54) is 0 Å². The molecule has 0 bridgehead atoms. The third-order valence-electron chi connectivity index (χ3n) is 3.58. The Hall–Kier alpha value is -0.600. The first-order chi connectivity index (χ1) is 8.62. The summed E-state index contributed by atoms with van der Waals surface area (Å²) in [5.41, 5.74) is 0. The maximum absolute atomic E-state index is 10.2. The van der Waals surface area contributed by atoms with Gasteiger partial charge in [0.05, 0.1) is 12.2 Å². The minimum absolute atomic E-state index is 0.0964. The topological polar surface area (TPSA) is 40.5 Å². The summed E-state index contributed by atoms with van der Waals surface area (Å²) in [6.45, 7) is 11.8. The second-order valence-electron chi connectivity index (χ2n) is 5.05. The largest absolute Gasteiger partial charge is 0.392 e. The van der Waals surface area contributed by atoms with Gasteiger partial charge in [0, 0.05) is 11.8 Å². The van der Waals surface area contributed by atoms with Crippen LogP contribution in [0.25, 0.3) is 0 Å². The average Bonchev–Trinajstić information content (AvgIpc) is 2.39. The molecule has 4 atom stereocenters. The molecule has 0 fully saturated rings. The van der Waals surface area contributed by atoms with Gasteiger partial charge in [-0.15, -0.1) is 13.2 Å². The van der Waals surface area contributed by atoms with Gasteiger partial charge in [-0.2, -0.15) is 0 Å². The van der Waals surface area contributed by atoms with Crippen molar-refractivity contribution in [2.45, 2.75) is 64.6 Å². The van der Waals surface area contributed by atoms with Crippen LogP contribution < -0.4 is 0 Å². The van der Waals surface area contributed by atoms with E-state index in [2.05, 4.69) is 27.0 Å². The summed E-state index contributed by atoms with van der Waals surface area (Å²) >= 11 is 0. The number of aliphatic hydroxyl groups excluding tert-OH is 2. The number of hydrogen-bond donors (Lipinski definition) is 2. The second kappa shape index (κ2) is 10.3. The first-order valence-corrected chi connectivity index (χ1v) is 7.23. The van der Waals surface area contributed by atoms with Crippen LogP contribution in [0.2, 0.25) is 0 Å². The highest BCUT2D eigenvalue weighted by atomic mass is 16.3. The molecule has 0 aromatic rings. The quantitative estimate of drug-likeness (QED) is 0.552. The molecule has 0 spiro atoms. The van der Waals surface area contributed by atoms with Gasteiger partial charge in [-0.05, 0) is 12.8 Å². The molecule has 0 saturated carbocycles. The van der Waals surface area contributed by atoms with Crippen LogP contribution in [0.5, 0.6) is 0 Å². The van der Waals surface area contributed by atoms with E-state index in [0.717, 1.165) is 38.5 Å². The van der Waals surface area contributed by atoms with Crippen molar-refractivity contribution >= 4 is 0 Å². The highest BCUT2D eigenvalue weighted by Gasteiger charge is 2.28. The van der Waals surface area contributed by atoms with Gasteiger partial charge in [-0.25, -0.2) is 0 Å². The summed E-state index contributed by atoms with van der Waals surface area (Å²) in [7, 11) is 0. The standard InChI is InChI=1S/C16H30O2/c1-5-9-11-15(17)13(7-3)14(8-4)16(18)12-10-6-2/h7-8,13-18H,3-6,9-12H2,1-2H3. The minimum Gasteiger partial charge on any atom is -0.392 e. The van der Waals surface area contributed by atoms with Crippen molar-refractivity contribution in [3.8, 4) is 0 Å². The van der Waals surface area contributed by atoms with E-state index in [-0.39, 0.29) is 11.8 Å². The van der Waals surface area contributed by atoms with Gasteiger partial charge in [0.2, 0.25) is 0 Å². The van der Waals surface area contributed by atoms with E-state index in [1.807, 2.05) is 0 Å². The zero-order chi connectivity index (χ0) is 14.0. The van der Waals surface area contributed by atoms with Crippen molar-refractivity contribution in [3.63, 3.8) is 0 Å². The molecule has 0 aromatic carbocycles. The van der Waals surface area contributed by atoms with Crippen LogP contribution in [0.4, 0.5) is 0 Å². The molecule has 0 rings (SSSR count). The number of unbranched alkanes of at least 4 members (excludes halogenated alkanes) is 2. The van der Waals surface area contributed by atoms with Crippen molar-refractivity contribution in [1.82, 2.24) is 0 Å². The lowest BCUT2D eigenvalue weighted by molar-refractivity contribution is 0.0380. The maximum Gasteiger partial charge on any atom is 0.0609 e. The van der Waals surface area contributed by atoms with Gasteiger partial charge in [0.1, 0.15) is 0 Å². The molecule has 0 aliphatic heterocycles. The molecule has 2 heteroatoms. The third-order valence-corrected chi connectivity index (χ3v) is 3.58. The Morgan fingerprint density at radius 2 is 1.17 bits per heavy atom. The summed E-state index contributed by atoms with van der Waals surface area (Å²) in [5.74, 6) is -0.193. The van der Waals surface area contributed by atoms with Gasteiger partial charge in [-0.1, -0.05) is 51.7 Å². The van der Waals surface area contributed by atoms with Crippen LogP contribution in [0, 0.1) is 11.8 Å². The molecule has 2 N–H and O–H groups in total. The fourth-order valence-electron chi connectivity index (χ4n) is 2.35. The number of hydrogen-bond acceptors (Lipinski definition) is 2. The Morgan fingerprint density at radius 1 is 0.833 bits per heavy atom. The van der Waals surface area contributed by atoms with Crippen molar-refractivity contribution in [1.29, 1.82) is 0 Å². The molecule has 0 heterocycles. The van der Waals surface area contributed by atoms with Crippen LogP contribution in [0.15, 0.2) is 25.3 Å². The number of rotatable bonds is 11. The van der Waals surface area contributed by atoms with Crippen LogP contribution >= 0.6 is 0 Å². The van der Waals surface area contributed by atoms with Crippen LogP contribution in [0.3, 0.4) is 0 Å². The average molecular weight is 254 g/mol. The Kier molecular flexibility index (Phi) is 9.99. The normalized spacial score (nSPS) is 17.8. The molecule has 0 aliphatic carbocycles. The first kappa shape index (κ1) is 17.4. The maximum atomic E-state index is 10.2. The predicted molar refractivity (Wildman–Crippen MR) is 78.4 cm³/mol. The number of aliphatic hydroxyl groups is 2. The Morgan fingerprint density at radius 3 is 1.39 bits per heavy atom. The highest BCUT2D eigenvalue weighted by molar-refractivity contribution is 4.99. The van der Waals surface area contributed by atoms with E-state index in [0.29, 0.717) is 0 Å². The zero-order valence-corrected chi connectivity index (χ0v) is 12.0. The molecule has 0 radical (unpaired) electrons. The van der Waals surface area contributed by atoms with Crippen LogP contribution in [0.1, 0.15) is 52.4 Å². The first-order valence-electron chi connectivity index (χ1n) is 7.23. The van der Waals surface area contributed by atoms with E-state index in [9.17, 15) is 10.2 Å². The summed E-state index contributed by atoms with van der Waals surface area (Å²) < 4.78 is 0. The van der Waals surface area contributed by atoms with Crippen LogP contribution in [-0.2, 0) is 0 Å². The highest BCUT2D eigenvalue weighted by Crippen LogP contribution is 2.27.